The maximum absolute atomic E-state index is 10.7. The average Bonchev–Trinajstić information content (AvgIpc) is 3.41. The molecular formula is C36H40N2O2. The van der Waals surface area contributed by atoms with Crippen LogP contribution in [0.2, 0.25) is 0 Å². The van der Waals surface area contributed by atoms with E-state index >= 15 is 0 Å². The molecular weight excluding hydrogens is 492 g/mol. The minimum Gasteiger partial charge on any atom is -0.508 e. The number of aliphatic hydroxyl groups is 1. The molecule has 2 aliphatic heterocycles. The molecule has 0 saturated heterocycles. The van der Waals surface area contributed by atoms with Crippen molar-refractivity contribution in [1.29, 1.82) is 0 Å². The summed E-state index contributed by atoms with van der Waals surface area (Å²) in [5, 5.41) is 10.7. The Labute approximate surface area is 238 Å². The second-order valence-electron chi connectivity index (χ2n) is 12.3. The molecule has 1 aromatic rings. The topological polar surface area (TPSA) is 35.9 Å². The molecule has 4 aliphatic carbocycles. The second kappa shape index (κ2) is 9.76. The van der Waals surface area contributed by atoms with Crippen LogP contribution < -0.4 is 9.80 Å². The first-order chi connectivity index (χ1) is 19.4. The van der Waals surface area contributed by atoms with Crippen molar-refractivity contribution in [3.8, 4) is 0 Å². The highest BCUT2D eigenvalue weighted by atomic mass is 16.5. The van der Waals surface area contributed by atoms with Gasteiger partial charge in [0.15, 0.2) is 0 Å². The lowest BCUT2D eigenvalue weighted by atomic mass is 9.80. The number of hydrogen-bond donors (Lipinski definition) is 1. The number of allylic oxidation sites excluding steroid dienone is 9. The number of aliphatic hydroxyl groups excluding tert-OH is 1. The zero-order valence-electron chi connectivity index (χ0n) is 23.9. The molecule has 0 aromatic heterocycles. The molecule has 1 aromatic carbocycles. The minimum atomic E-state index is -0.0183. The number of nitrogens with zero attached hydrogens (tertiary/aromatic N) is 2. The van der Waals surface area contributed by atoms with Crippen LogP contribution in [0.4, 0.5) is 11.4 Å². The van der Waals surface area contributed by atoms with Gasteiger partial charge in [0.05, 0.1) is 11.4 Å². The Hall–Kier alpha value is -3.66. The van der Waals surface area contributed by atoms with Crippen molar-refractivity contribution in [2.75, 3.05) is 16.8 Å². The van der Waals surface area contributed by atoms with E-state index in [9.17, 15) is 5.11 Å². The van der Waals surface area contributed by atoms with Gasteiger partial charge in [-0.25, -0.2) is 0 Å². The first-order valence-corrected chi connectivity index (χ1v) is 14.9. The zero-order valence-corrected chi connectivity index (χ0v) is 23.9. The van der Waals surface area contributed by atoms with Crippen LogP contribution in [0.5, 0.6) is 0 Å². The molecule has 2 heterocycles. The maximum atomic E-state index is 10.7. The summed E-state index contributed by atoms with van der Waals surface area (Å²) >= 11 is 0. The summed E-state index contributed by atoms with van der Waals surface area (Å²) in [6.45, 7) is 8.84. The molecule has 0 fully saturated rings. The maximum Gasteiger partial charge on any atom is 0.134 e. The Bertz CT molecular complexity index is 1470. The SMILES string of the molecule is C=C1CC2=C(C=CC1C)C1C=CC(C)=C(C3N(C)c4ccccc4N3C3CC=CC(C4=C(O)C=CCC4)C3)C1O2. The second-order valence-corrected chi connectivity index (χ2v) is 12.3. The monoisotopic (exact) mass is 532 g/mol. The van der Waals surface area contributed by atoms with E-state index in [1.165, 1.54) is 39.2 Å². The molecule has 0 radical (unpaired) electrons. The van der Waals surface area contributed by atoms with Crippen molar-refractivity contribution >= 4 is 11.4 Å². The Balaban J connectivity index is 1.27. The van der Waals surface area contributed by atoms with E-state index < -0.39 is 0 Å². The van der Waals surface area contributed by atoms with Gasteiger partial charge in [-0.3, -0.25) is 0 Å². The summed E-state index contributed by atoms with van der Waals surface area (Å²) in [6, 6.07) is 9.16. The standard InChI is InChI=1S/C36H40N2O2/c1-22-16-18-28-29-19-17-23(2)34(35(29)40-33(28)20-24(22)3)36-37(4)30-13-6-7-14-31(30)38(36)26-11-9-10-25(21-26)27-12-5-8-15-32(27)39/h6-10,13-19,22,25-26,29,35-36,39H,3,5,11-12,20-21H2,1-2,4H3. The van der Waals surface area contributed by atoms with Crippen LogP contribution in [0.25, 0.3) is 0 Å². The predicted octanol–water partition coefficient (Wildman–Crippen LogP) is 8.07. The van der Waals surface area contributed by atoms with Gasteiger partial charge >= 0.3 is 0 Å². The van der Waals surface area contributed by atoms with E-state index in [0.717, 1.165) is 37.9 Å². The molecule has 6 unspecified atom stereocenters. The highest BCUT2D eigenvalue weighted by molar-refractivity contribution is 5.80. The van der Waals surface area contributed by atoms with Crippen LogP contribution in [0.15, 0.2) is 119 Å². The summed E-state index contributed by atoms with van der Waals surface area (Å²) in [5.41, 5.74) is 8.93. The van der Waals surface area contributed by atoms with Gasteiger partial charge in [-0.1, -0.05) is 73.7 Å². The van der Waals surface area contributed by atoms with Crippen LogP contribution in [0, 0.1) is 17.8 Å². The van der Waals surface area contributed by atoms with Gasteiger partial charge in [-0.2, -0.15) is 0 Å². The van der Waals surface area contributed by atoms with E-state index in [1.807, 2.05) is 6.08 Å². The molecule has 4 nitrogen and oxygen atoms in total. The van der Waals surface area contributed by atoms with Crippen molar-refractivity contribution < 1.29 is 9.84 Å². The number of ether oxygens (including phenoxy) is 1. The van der Waals surface area contributed by atoms with Gasteiger partial charge in [0.1, 0.15) is 23.8 Å². The first-order valence-electron chi connectivity index (χ1n) is 14.9. The van der Waals surface area contributed by atoms with Crippen molar-refractivity contribution in [2.45, 2.75) is 64.3 Å². The normalized spacial score (nSPS) is 32.9. The summed E-state index contributed by atoms with van der Waals surface area (Å²) < 4.78 is 6.92. The number of benzene rings is 1. The van der Waals surface area contributed by atoms with Crippen LogP contribution >= 0.6 is 0 Å². The number of hydrogen-bond acceptors (Lipinski definition) is 4. The molecule has 4 heteroatoms. The molecule has 6 atom stereocenters. The third kappa shape index (κ3) is 3.95. The molecule has 1 N–H and O–H groups in total. The summed E-state index contributed by atoms with van der Waals surface area (Å²) in [6.07, 6.45) is 22.7. The number of rotatable bonds is 3. The Kier molecular flexibility index (Phi) is 6.18. The summed E-state index contributed by atoms with van der Waals surface area (Å²) in [4.78, 5) is 5.13. The lowest BCUT2D eigenvalue weighted by Gasteiger charge is -2.43. The van der Waals surface area contributed by atoms with E-state index in [0.29, 0.717) is 17.7 Å². The quantitative estimate of drug-likeness (QED) is 0.399. The van der Waals surface area contributed by atoms with Crippen molar-refractivity contribution in [3.05, 3.63) is 119 Å². The van der Waals surface area contributed by atoms with Crippen LogP contribution in [-0.4, -0.2) is 30.5 Å². The fourth-order valence-electron chi connectivity index (χ4n) is 7.71. The third-order valence-electron chi connectivity index (χ3n) is 9.96. The van der Waals surface area contributed by atoms with Crippen molar-refractivity contribution in [3.63, 3.8) is 0 Å². The average molecular weight is 533 g/mol. The Morgan fingerprint density at radius 1 is 1.02 bits per heavy atom. The number of likely N-dealkylation sites (N-methyl/N-ethyl adjacent to an activating group) is 1. The molecule has 40 heavy (non-hydrogen) atoms. The van der Waals surface area contributed by atoms with E-state index in [4.69, 9.17) is 4.74 Å². The number of fused-ring (bicyclic) bond motifs is 3. The smallest absolute Gasteiger partial charge is 0.134 e. The molecule has 0 spiro atoms. The van der Waals surface area contributed by atoms with Gasteiger partial charge in [0, 0.05) is 42.5 Å². The molecule has 7 rings (SSSR count). The summed E-state index contributed by atoms with van der Waals surface area (Å²) in [7, 11) is 2.24. The molecule has 206 valence electrons. The van der Waals surface area contributed by atoms with Crippen LogP contribution in [0.3, 0.4) is 0 Å². The molecule has 0 saturated carbocycles. The van der Waals surface area contributed by atoms with Crippen LogP contribution in [-0.2, 0) is 4.74 Å². The highest BCUT2D eigenvalue weighted by Gasteiger charge is 2.48. The van der Waals surface area contributed by atoms with Gasteiger partial charge in [-0.05, 0) is 67.9 Å². The van der Waals surface area contributed by atoms with E-state index in [1.54, 1.807) is 0 Å². The Morgan fingerprint density at radius 3 is 2.67 bits per heavy atom. The fraction of sp³-hybridized carbons (Fsp3) is 0.389. The van der Waals surface area contributed by atoms with E-state index in [2.05, 4.69) is 104 Å². The van der Waals surface area contributed by atoms with Gasteiger partial charge in [0.2, 0.25) is 0 Å². The molecule has 0 bridgehead atoms. The zero-order chi connectivity index (χ0) is 27.5. The lowest BCUT2D eigenvalue weighted by Crippen LogP contribution is -2.52. The highest BCUT2D eigenvalue weighted by Crippen LogP contribution is 2.51. The predicted molar refractivity (Wildman–Crippen MR) is 164 cm³/mol. The number of anilines is 2. The number of para-hydroxylation sites is 2. The Morgan fingerprint density at radius 2 is 1.85 bits per heavy atom. The van der Waals surface area contributed by atoms with Gasteiger partial charge in [-0.15, -0.1) is 0 Å². The lowest BCUT2D eigenvalue weighted by molar-refractivity contribution is 0.142. The van der Waals surface area contributed by atoms with Gasteiger partial charge < -0.3 is 19.6 Å². The summed E-state index contributed by atoms with van der Waals surface area (Å²) in [5.74, 6) is 2.40. The van der Waals surface area contributed by atoms with Crippen LogP contribution in [0.1, 0.15) is 46.0 Å². The van der Waals surface area contributed by atoms with E-state index in [-0.39, 0.29) is 24.1 Å². The molecule has 6 aliphatic rings. The van der Waals surface area contributed by atoms with Crippen molar-refractivity contribution in [1.82, 2.24) is 0 Å². The van der Waals surface area contributed by atoms with Gasteiger partial charge in [0.25, 0.3) is 0 Å². The fourth-order valence-corrected chi connectivity index (χ4v) is 7.71. The first kappa shape index (κ1) is 25.3. The third-order valence-corrected chi connectivity index (χ3v) is 9.96. The largest absolute Gasteiger partial charge is 0.508 e. The minimum absolute atomic E-state index is 0.0183. The van der Waals surface area contributed by atoms with Crippen molar-refractivity contribution in [2.24, 2.45) is 17.8 Å². The molecule has 0 amide bonds.